The highest BCUT2D eigenvalue weighted by Gasteiger charge is 2.25. The minimum atomic E-state index is -0.510. The van der Waals surface area contributed by atoms with Gasteiger partial charge in [0.15, 0.2) is 0 Å². The van der Waals surface area contributed by atoms with Gasteiger partial charge in [-0.25, -0.2) is 14.2 Å². The van der Waals surface area contributed by atoms with Crippen LogP contribution in [-0.4, -0.2) is 42.2 Å². The molecule has 0 atom stereocenters. The first-order chi connectivity index (χ1) is 15.4. The Hall–Kier alpha value is -2.61. The van der Waals surface area contributed by atoms with Gasteiger partial charge < -0.3 is 20.9 Å². The smallest absolute Gasteiger partial charge is 0.319 e. The van der Waals surface area contributed by atoms with Crippen molar-refractivity contribution in [3.63, 3.8) is 0 Å². The van der Waals surface area contributed by atoms with E-state index in [1.54, 1.807) is 0 Å². The van der Waals surface area contributed by atoms with Gasteiger partial charge in [-0.1, -0.05) is 11.6 Å². The first kappa shape index (κ1) is 22.6. The molecule has 1 saturated carbocycles. The van der Waals surface area contributed by atoms with Gasteiger partial charge in [-0.3, -0.25) is 0 Å². The second-order valence-electron chi connectivity index (χ2n) is 8.82. The van der Waals surface area contributed by atoms with Gasteiger partial charge in [0.1, 0.15) is 11.6 Å². The van der Waals surface area contributed by atoms with E-state index in [9.17, 15) is 9.18 Å². The summed E-state index contributed by atoms with van der Waals surface area (Å²) in [6, 6.07) is 4.19. The van der Waals surface area contributed by atoms with Crippen molar-refractivity contribution < 1.29 is 9.18 Å². The zero-order valence-corrected chi connectivity index (χ0v) is 19.3. The molecule has 2 aliphatic rings. The molecule has 1 aromatic heterocycles. The molecule has 0 spiro atoms. The molecule has 1 fully saturated rings. The highest BCUT2D eigenvalue weighted by molar-refractivity contribution is 6.31. The second kappa shape index (κ2) is 9.90. The lowest BCUT2D eigenvalue weighted by atomic mass is 9.91. The molecule has 1 heterocycles. The molecular formula is C23H30ClFN6O. The van der Waals surface area contributed by atoms with Gasteiger partial charge in [0.05, 0.1) is 10.7 Å². The highest BCUT2D eigenvalue weighted by atomic mass is 35.5. The maximum atomic E-state index is 13.3. The van der Waals surface area contributed by atoms with Crippen LogP contribution in [0.15, 0.2) is 18.2 Å². The zero-order valence-electron chi connectivity index (χ0n) is 18.5. The van der Waals surface area contributed by atoms with E-state index in [-0.39, 0.29) is 23.1 Å². The minimum Gasteiger partial charge on any atom is -0.362 e. The monoisotopic (exact) mass is 460 g/mol. The van der Waals surface area contributed by atoms with Crippen LogP contribution in [-0.2, 0) is 12.8 Å². The quantitative estimate of drug-likeness (QED) is 0.599. The van der Waals surface area contributed by atoms with Crippen molar-refractivity contribution in [3.8, 4) is 0 Å². The van der Waals surface area contributed by atoms with E-state index in [1.165, 1.54) is 42.3 Å². The Kier molecular flexibility index (Phi) is 6.98. The molecule has 172 valence electrons. The maximum absolute atomic E-state index is 13.3. The third kappa shape index (κ3) is 5.41. The number of aryl methyl sites for hydroxylation is 1. The number of fused-ring (bicyclic) bond motifs is 1. The van der Waals surface area contributed by atoms with Crippen LogP contribution in [0.5, 0.6) is 0 Å². The summed E-state index contributed by atoms with van der Waals surface area (Å²) in [6.45, 7) is 0. The van der Waals surface area contributed by atoms with Crippen LogP contribution in [0.3, 0.4) is 0 Å². The lowest BCUT2D eigenvalue weighted by Gasteiger charge is -2.30. The Bertz CT molecular complexity index is 977. The van der Waals surface area contributed by atoms with Crippen LogP contribution in [0.2, 0.25) is 5.02 Å². The van der Waals surface area contributed by atoms with Crippen LogP contribution >= 0.6 is 11.6 Å². The first-order valence-electron chi connectivity index (χ1n) is 11.3. The molecule has 2 aliphatic carbocycles. The molecule has 3 N–H and O–H groups in total. The Morgan fingerprint density at radius 2 is 1.81 bits per heavy atom. The number of halogens is 2. The van der Waals surface area contributed by atoms with Gasteiger partial charge in [0, 0.05) is 37.4 Å². The number of carbonyl (C=O) groups excluding carboxylic acids is 1. The van der Waals surface area contributed by atoms with Crippen LogP contribution in [0, 0.1) is 5.82 Å². The number of carbonyl (C=O) groups is 1. The molecule has 2 amide bonds. The van der Waals surface area contributed by atoms with Crippen molar-refractivity contribution >= 4 is 35.1 Å². The van der Waals surface area contributed by atoms with Gasteiger partial charge >= 0.3 is 6.03 Å². The minimum absolute atomic E-state index is 0.0174. The summed E-state index contributed by atoms with van der Waals surface area (Å²) in [5, 5.41) is 9.22. The van der Waals surface area contributed by atoms with Gasteiger partial charge in [-0.05, 0) is 69.6 Å². The summed E-state index contributed by atoms with van der Waals surface area (Å²) in [4.78, 5) is 24.0. The Morgan fingerprint density at radius 1 is 1.09 bits per heavy atom. The largest absolute Gasteiger partial charge is 0.362 e. The van der Waals surface area contributed by atoms with E-state index in [1.807, 2.05) is 14.1 Å². The molecular weight excluding hydrogens is 431 g/mol. The van der Waals surface area contributed by atoms with E-state index >= 15 is 0 Å². The molecule has 0 unspecified atom stereocenters. The predicted octanol–water partition coefficient (Wildman–Crippen LogP) is 4.76. The maximum Gasteiger partial charge on any atom is 0.319 e. The van der Waals surface area contributed by atoms with Gasteiger partial charge in [-0.2, -0.15) is 4.98 Å². The molecule has 0 radical (unpaired) electrons. The molecule has 32 heavy (non-hydrogen) atoms. The normalized spacial score (nSPS) is 20.2. The molecule has 0 saturated heterocycles. The number of amides is 2. The predicted molar refractivity (Wildman–Crippen MR) is 126 cm³/mol. The van der Waals surface area contributed by atoms with Crippen LogP contribution in [0.4, 0.5) is 26.6 Å². The number of nitrogens with one attached hydrogen (secondary N) is 3. The van der Waals surface area contributed by atoms with E-state index in [0.717, 1.165) is 44.3 Å². The first-order valence-corrected chi connectivity index (χ1v) is 11.6. The Morgan fingerprint density at radius 3 is 2.53 bits per heavy atom. The topological polar surface area (TPSA) is 82.2 Å². The number of anilines is 3. The van der Waals surface area contributed by atoms with E-state index in [0.29, 0.717) is 11.6 Å². The van der Waals surface area contributed by atoms with Crippen molar-refractivity contribution in [2.45, 2.75) is 63.5 Å². The van der Waals surface area contributed by atoms with Crippen molar-refractivity contribution in [3.05, 3.63) is 40.3 Å². The number of urea groups is 1. The zero-order chi connectivity index (χ0) is 22.7. The fourth-order valence-corrected chi connectivity index (χ4v) is 4.68. The summed E-state index contributed by atoms with van der Waals surface area (Å²) >= 11 is 5.77. The van der Waals surface area contributed by atoms with Crippen molar-refractivity contribution in [1.82, 2.24) is 15.3 Å². The number of benzene rings is 1. The van der Waals surface area contributed by atoms with E-state index in [2.05, 4.69) is 20.9 Å². The SMILES string of the molecule is CN(C)c1nc(N[C@H]2CC[C@@H](NC(=O)Nc3ccc(F)c(Cl)c3)CC2)nc2c1CCCC2. The number of hydrogen-bond donors (Lipinski definition) is 3. The Labute approximate surface area is 193 Å². The van der Waals surface area contributed by atoms with Crippen LogP contribution in [0.25, 0.3) is 0 Å². The molecule has 0 bridgehead atoms. The number of nitrogens with zero attached hydrogens (tertiary/aromatic N) is 3. The third-order valence-corrected chi connectivity index (χ3v) is 6.45. The summed E-state index contributed by atoms with van der Waals surface area (Å²) in [5.74, 6) is 1.21. The fourth-order valence-electron chi connectivity index (χ4n) is 4.50. The lowest BCUT2D eigenvalue weighted by molar-refractivity contribution is 0.243. The van der Waals surface area contributed by atoms with Crippen molar-refractivity contribution in [2.75, 3.05) is 29.6 Å². The molecule has 1 aromatic carbocycles. The molecule has 0 aliphatic heterocycles. The van der Waals surface area contributed by atoms with Gasteiger partial charge in [0.25, 0.3) is 0 Å². The van der Waals surface area contributed by atoms with Gasteiger partial charge in [0.2, 0.25) is 5.95 Å². The summed E-state index contributed by atoms with van der Waals surface area (Å²) in [6.07, 6.45) is 8.00. The number of hydrogen-bond acceptors (Lipinski definition) is 5. The Balaban J connectivity index is 1.30. The van der Waals surface area contributed by atoms with E-state index in [4.69, 9.17) is 21.6 Å². The van der Waals surface area contributed by atoms with Crippen LogP contribution < -0.4 is 20.9 Å². The third-order valence-electron chi connectivity index (χ3n) is 6.16. The summed E-state index contributed by atoms with van der Waals surface area (Å²) < 4.78 is 13.3. The highest BCUT2D eigenvalue weighted by Crippen LogP contribution is 2.29. The lowest BCUT2D eigenvalue weighted by Crippen LogP contribution is -2.42. The molecule has 4 rings (SSSR count). The van der Waals surface area contributed by atoms with Crippen molar-refractivity contribution in [2.24, 2.45) is 0 Å². The standard InChI is InChI=1S/C23H30ClFN6O/c1-31(2)21-17-5-3-4-6-20(17)29-22(30-21)26-14-7-9-15(10-8-14)27-23(32)28-16-11-12-19(25)18(24)13-16/h11-15H,3-10H2,1-2H3,(H,26,29,30)(H2,27,28,32)/t14-,15+. The number of rotatable bonds is 5. The molecule has 2 aromatic rings. The van der Waals surface area contributed by atoms with Crippen LogP contribution in [0.1, 0.15) is 49.8 Å². The average Bonchev–Trinajstić information content (AvgIpc) is 2.77. The van der Waals surface area contributed by atoms with Crippen molar-refractivity contribution in [1.29, 1.82) is 0 Å². The summed E-state index contributed by atoms with van der Waals surface area (Å²) in [7, 11) is 4.06. The van der Waals surface area contributed by atoms with E-state index < -0.39 is 5.82 Å². The molecule has 7 nitrogen and oxygen atoms in total. The fraction of sp³-hybridized carbons (Fsp3) is 0.522. The molecule has 9 heteroatoms. The average molecular weight is 461 g/mol. The second-order valence-corrected chi connectivity index (χ2v) is 9.23. The number of aromatic nitrogens is 2. The summed E-state index contributed by atoms with van der Waals surface area (Å²) in [5.41, 5.74) is 2.92. The van der Waals surface area contributed by atoms with Gasteiger partial charge in [-0.15, -0.1) is 0 Å².